The van der Waals surface area contributed by atoms with E-state index in [2.05, 4.69) is 20.3 Å². The molecule has 160 valence electrons. The fraction of sp³-hybridized carbons (Fsp3) is 0.294. The minimum absolute atomic E-state index is 0.0305. The van der Waals surface area contributed by atoms with Gasteiger partial charge in [0.15, 0.2) is 0 Å². The van der Waals surface area contributed by atoms with Gasteiger partial charge in [-0.1, -0.05) is 0 Å². The third-order valence-corrected chi connectivity index (χ3v) is 6.37. The van der Waals surface area contributed by atoms with Crippen molar-refractivity contribution in [1.29, 1.82) is 0 Å². The fourth-order valence-corrected chi connectivity index (χ4v) is 4.35. The highest BCUT2D eigenvalue weighted by atomic mass is 32.2. The average molecular weight is 452 g/mol. The Morgan fingerprint density at radius 2 is 2.00 bits per heavy atom. The van der Waals surface area contributed by atoms with Gasteiger partial charge in [-0.2, -0.15) is 0 Å². The van der Waals surface area contributed by atoms with Gasteiger partial charge in [-0.15, -0.1) is 0 Å². The molecule has 32 heavy (non-hydrogen) atoms. The van der Waals surface area contributed by atoms with E-state index in [1.54, 1.807) is 0 Å². The quantitative estimate of drug-likeness (QED) is 0.565. The zero-order valence-corrected chi connectivity index (χ0v) is 17.9. The molecule has 0 saturated heterocycles. The molecule has 3 rings (SSSR count). The molecule has 15 heteroatoms. The third kappa shape index (κ3) is 5.04. The molecule has 0 aliphatic carbocycles. The first-order chi connectivity index (χ1) is 14.7. The van der Waals surface area contributed by atoms with Crippen LogP contribution in [0.4, 0.5) is 10.2 Å². The molecule has 0 saturated carbocycles. The molecule has 2 aromatic heterocycles. The summed E-state index contributed by atoms with van der Waals surface area (Å²) in [6, 6.07) is 4.93. The SMILES string of the molecule is [B]C([B])([B])Oc1ccc(C(=O)Nc2ccc(F)c([C@]3(C)CS(=O)(=O)N(C)C(N)=N3)n2)nc1. The first kappa shape index (κ1) is 23.6. The van der Waals surface area contributed by atoms with Crippen LogP contribution in [0.1, 0.15) is 23.1 Å². The number of nitrogens with zero attached hydrogens (tertiary/aromatic N) is 4. The molecular weight excluding hydrogens is 436 g/mol. The van der Waals surface area contributed by atoms with E-state index in [-0.39, 0.29) is 28.9 Å². The van der Waals surface area contributed by atoms with Gasteiger partial charge < -0.3 is 15.8 Å². The number of aromatic nitrogens is 2. The van der Waals surface area contributed by atoms with Gasteiger partial charge >= 0.3 is 0 Å². The second kappa shape index (κ2) is 8.12. The number of ether oxygens (including phenoxy) is 1. The molecule has 3 heterocycles. The predicted molar refractivity (Wildman–Crippen MR) is 118 cm³/mol. The zero-order valence-electron chi connectivity index (χ0n) is 17.1. The predicted octanol–water partition coefficient (Wildman–Crippen LogP) is -0.831. The van der Waals surface area contributed by atoms with Gasteiger partial charge in [0.25, 0.3) is 5.91 Å². The fourth-order valence-electron chi connectivity index (χ4n) is 2.92. The molecule has 1 amide bonds. The van der Waals surface area contributed by atoms with Crippen molar-refractivity contribution < 1.29 is 22.3 Å². The highest BCUT2D eigenvalue weighted by Gasteiger charge is 2.43. The number of nitrogens with two attached hydrogens (primary N) is 1. The Hall–Kier alpha value is -3.09. The lowest BCUT2D eigenvalue weighted by atomic mass is 9.52. The standard InChI is InChI=1S/C17H16B3FN6O4S/c1-16(8-32(29,30)27(2)15(22)26-16)13-10(21)4-6-12(24-13)25-14(28)11-5-3-9(7-23-11)31-17(18,19)20/h3-7H,8H2,1-2H3,(H2,22,26)(H,24,25,28)/t16-/m0/s1. The van der Waals surface area contributed by atoms with Crippen LogP contribution in [0.5, 0.6) is 5.75 Å². The molecule has 0 fully saturated rings. The second-order valence-corrected chi connectivity index (χ2v) is 9.28. The third-order valence-electron chi connectivity index (χ3n) is 4.43. The summed E-state index contributed by atoms with van der Waals surface area (Å²) in [6.45, 7) is 1.38. The number of pyridine rings is 2. The van der Waals surface area contributed by atoms with E-state index in [1.807, 2.05) is 0 Å². The Kier molecular flexibility index (Phi) is 5.98. The van der Waals surface area contributed by atoms with Crippen molar-refractivity contribution >= 4 is 51.2 Å². The second-order valence-electron chi connectivity index (χ2n) is 7.28. The van der Waals surface area contributed by atoms with E-state index < -0.39 is 38.3 Å². The Morgan fingerprint density at radius 3 is 2.56 bits per heavy atom. The van der Waals surface area contributed by atoms with Crippen LogP contribution in [0.2, 0.25) is 0 Å². The van der Waals surface area contributed by atoms with Crippen molar-refractivity contribution in [3.8, 4) is 5.75 Å². The van der Waals surface area contributed by atoms with E-state index in [9.17, 15) is 17.6 Å². The molecule has 1 aliphatic heterocycles. The van der Waals surface area contributed by atoms with Gasteiger partial charge in [0.05, 0.1) is 6.20 Å². The van der Waals surface area contributed by atoms with Gasteiger partial charge in [-0.25, -0.2) is 32.1 Å². The highest BCUT2D eigenvalue weighted by molar-refractivity contribution is 7.89. The molecule has 1 aliphatic rings. The summed E-state index contributed by atoms with van der Waals surface area (Å²) < 4.78 is 45.1. The van der Waals surface area contributed by atoms with Crippen molar-refractivity contribution in [1.82, 2.24) is 14.3 Å². The monoisotopic (exact) mass is 452 g/mol. The average Bonchev–Trinajstić information content (AvgIpc) is 2.66. The molecule has 0 aromatic carbocycles. The normalized spacial score (nSPS) is 20.3. The number of carbonyl (C=O) groups is 1. The number of hydrogen-bond donors (Lipinski definition) is 2. The molecule has 10 nitrogen and oxygen atoms in total. The summed E-state index contributed by atoms with van der Waals surface area (Å²) in [4.78, 5) is 24.6. The van der Waals surface area contributed by atoms with Crippen LogP contribution >= 0.6 is 0 Å². The van der Waals surface area contributed by atoms with Crippen LogP contribution in [0.15, 0.2) is 35.5 Å². The molecule has 3 N–H and O–H groups in total. The molecule has 0 unspecified atom stereocenters. The van der Waals surface area contributed by atoms with Gasteiger partial charge in [0, 0.05) is 7.05 Å². The Morgan fingerprint density at radius 1 is 1.31 bits per heavy atom. The van der Waals surface area contributed by atoms with Crippen LogP contribution in [-0.2, 0) is 15.6 Å². The van der Waals surface area contributed by atoms with Crippen molar-refractivity contribution in [3.05, 3.63) is 47.7 Å². The summed E-state index contributed by atoms with van der Waals surface area (Å²) in [5.41, 5.74) is 3.77. The van der Waals surface area contributed by atoms with Crippen molar-refractivity contribution in [3.63, 3.8) is 0 Å². The number of rotatable bonds is 5. The minimum Gasteiger partial charge on any atom is -0.514 e. The van der Waals surface area contributed by atoms with Crippen LogP contribution in [0, 0.1) is 5.82 Å². The summed E-state index contributed by atoms with van der Waals surface area (Å²) in [7, 11) is 13.4. The number of amides is 1. The number of anilines is 1. The smallest absolute Gasteiger partial charge is 0.275 e. The first-order valence-corrected chi connectivity index (χ1v) is 10.6. The van der Waals surface area contributed by atoms with Gasteiger partial charge in [-0.05, 0) is 36.5 Å². The van der Waals surface area contributed by atoms with Crippen molar-refractivity contribution in [2.75, 3.05) is 18.1 Å². The molecule has 1 atom stereocenters. The van der Waals surface area contributed by atoms with Gasteiger partial charge in [-0.3, -0.25) is 4.79 Å². The van der Waals surface area contributed by atoms with Gasteiger partial charge in [0.2, 0.25) is 16.0 Å². The van der Waals surface area contributed by atoms with E-state index in [0.29, 0.717) is 0 Å². The van der Waals surface area contributed by atoms with E-state index >= 15 is 0 Å². The lowest BCUT2D eigenvalue weighted by Crippen LogP contribution is -2.50. The maximum atomic E-state index is 14.6. The van der Waals surface area contributed by atoms with E-state index in [1.165, 1.54) is 38.4 Å². The maximum Gasteiger partial charge on any atom is 0.275 e. The molecule has 0 spiro atoms. The number of sulfonamides is 1. The molecule has 2 aromatic rings. The van der Waals surface area contributed by atoms with E-state index in [0.717, 1.165) is 10.4 Å². The van der Waals surface area contributed by atoms with Gasteiger partial charge in [0.1, 0.15) is 63.6 Å². The lowest BCUT2D eigenvalue weighted by molar-refractivity contribution is 0.102. The molecule has 0 bridgehead atoms. The summed E-state index contributed by atoms with van der Waals surface area (Å²) in [5.74, 6) is -2.28. The van der Waals surface area contributed by atoms with Crippen LogP contribution in [0.3, 0.4) is 0 Å². The largest absolute Gasteiger partial charge is 0.514 e. The molecule has 6 radical (unpaired) electrons. The van der Waals surface area contributed by atoms with Crippen molar-refractivity contribution in [2.45, 2.75) is 17.8 Å². The zero-order chi connectivity index (χ0) is 23.9. The number of guanidine groups is 1. The van der Waals surface area contributed by atoms with Crippen molar-refractivity contribution in [2.24, 2.45) is 10.7 Å². The number of hydrogen-bond acceptors (Lipinski definition) is 8. The highest BCUT2D eigenvalue weighted by Crippen LogP contribution is 2.32. The van der Waals surface area contributed by atoms with Crippen LogP contribution < -0.4 is 15.8 Å². The Bertz CT molecular complexity index is 1190. The van der Waals surface area contributed by atoms with Crippen LogP contribution in [0.25, 0.3) is 0 Å². The summed E-state index contributed by atoms with van der Waals surface area (Å²) in [5, 5.41) is 0.543. The lowest BCUT2D eigenvalue weighted by Gasteiger charge is -2.33. The maximum absolute atomic E-state index is 14.6. The Labute approximate surface area is 188 Å². The van der Waals surface area contributed by atoms with E-state index in [4.69, 9.17) is 34.0 Å². The Balaban J connectivity index is 1.86. The minimum atomic E-state index is -3.84. The summed E-state index contributed by atoms with van der Waals surface area (Å²) >= 11 is 0. The molecular formula is C17H16B3FN6O4S. The first-order valence-electron chi connectivity index (χ1n) is 9.02. The number of carbonyl (C=O) groups excluding carboxylic acids is 1. The number of nitrogens with one attached hydrogen (secondary N) is 1. The number of aliphatic imine (C=N–C) groups is 1. The summed E-state index contributed by atoms with van der Waals surface area (Å²) in [6.07, 6.45) is 1.18. The van der Waals surface area contributed by atoms with Crippen LogP contribution in [-0.4, -0.2) is 76.2 Å². The number of halogens is 1. The topological polar surface area (TPSA) is 140 Å².